The van der Waals surface area contributed by atoms with E-state index in [2.05, 4.69) is 16.0 Å². The van der Waals surface area contributed by atoms with Crippen molar-refractivity contribution in [3.05, 3.63) is 29.8 Å². The van der Waals surface area contributed by atoms with Gasteiger partial charge in [0, 0.05) is 24.3 Å². The Morgan fingerprint density at radius 2 is 1.95 bits per heavy atom. The fourth-order valence-electron chi connectivity index (χ4n) is 2.63. The highest BCUT2D eigenvalue weighted by atomic mass is 16.2. The quantitative estimate of drug-likeness (QED) is 0.773. The van der Waals surface area contributed by atoms with Crippen LogP contribution in [0.5, 0.6) is 0 Å². The van der Waals surface area contributed by atoms with Crippen molar-refractivity contribution in [2.75, 3.05) is 25.0 Å². The van der Waals surface area contributed by atoms with Crippen LogP contribution in [0.1, 0.15) is 37.0 Å². The zero-order valence-electron chi connectivity index (χ0n) is 12.7. The normalized spacial score (nSPS) is 21.0. The summed E-state index contributed by atoms with van der Waals surface area (Å²) in [5.41, 5.74) is 1.02. The van der Waals surface area contributed by atoms with Crippen LogP contribution in [-0.2, 0) is 4.79 Å². The minimum absolute atomic E-state index is 0.0563. The predicted octanol–water partition coefficient (Wildman–Crippen LogP) is 1.76. The molecule has 3 N–H and O–H groups in total. The number of carbonyl (C=O) groups excluding carboxylic acids is 2. The van der Waals surface area contributed by atoms with E-state index in [9.17, 15) is 9.59 Å². The van der Waals surface area contributed by atoms with Crippen molar-refractivity contribution in [2.45, 2.75) is 26.7 Å². The second-order valence-electron chi connectivity index (χ2n) is 5.45. The highest BCUT2D eigenvalue weighted by molar-refractivity contribution is 5.97. The summed E-state index contributed by atoms with van der Waals surface area (Å²) in [6.45, 7) is 6.14. The summed E-state index contributed by atoms with van der Waals surface area (Å²) in [5, 5.41) is 8.97. The van der Waals surface area contributed by atoms with E-state index in [4.69, 9.17) is 0 Å². The van der Waals surface area contributed by atoms with Crippen molar-refractivity contribution >= 4 is 17.5 Å². The number of nitrogens with one attached hydrogen (secondary N) is 3. The van der Waals surface area contributed by atoms with Crippen molar-refractivity contribution in [3.8, 4) is 0 Å². The van der Waals surface area contributed by atoms with Crippen LogP contribution in [0, 0.1) is 5.41 Å². The Morgan fingerprint density at radius 1 is 1.24 bits per heavy atom. The number of benzene rings is 1. The fourth-order valence-corrected chi connectivity index (χ4v) is 2.63. The molecule has 0 radical (unpaired) electrons. The lowest BCUT2D eigenvalue weighted by Gasteiger charge is -2.25. The maximum Gasteiger partial charge on any atom is 0.251 e. The standard InChI is InChI=1S/C16H23N3O2/c1-3-16(9-10-17-11-16)15(21)19-13-7-5-12(6-8-13)14(20)18-4-2/h5-8,17H,3-4,9-11H2,1-2H3,(H,18,20)(H,19,21). The third kappa shape index (κ3) is 3.42. The van der Waals surface area contributed by atoms with Gasteiger partial charge in [0.1, 0.15) is 0 Å². The lowest BCUT2D eigenvalue weighted by Crippen LogP contribution is -2.37. The molecule has 0 saturated carbocycles. The molecule has 2 rings (SSSR count). The first-order chi connectivity index (χ1) is 10.1. The third-order valence-corrected chi connectivity index (χ3v) is 4.14. The molecule has 1 aromatic rings. The lowest BCUT2D eigenvalue weighted by atomic mass is 9.83. The highest BCUT2D eigenvalue weighted by Crippen LogP contribution is 2.30. The first-order valence-electron chi connectivity index (χ1n) is 7.52. The Hall–Kier alpha value is -1.88. The third-order valence-electron chi connectivity index (χ3n) is 4.14. The fraction of sp³-hybridized carbons (Fsp3) is 0.500. The lowest BCUT2D eigenvalue weighted by molar-refractivity contribution is -0.124. The minimum Gasteiger partial charge on any atom is -0.352 e. The molecule has 1 heterocycles. The van der Waals surface area contributed by atoms with Gasteiger partial charge in [-0.2, -0.15) is 0 Å². The van der Waals surface area contributed by atoms with Crippen LogP contribution in [0.3, 0.4) is 0 Å². The van der Waals surface area contributed by atoms with Crippen molar-refractivity contribution in [1.29, 1.82) is 0 Å². The van der Waals surface area contributed by atoms with Crippen LogP contribution in [-0.4, -0.2) is 31.4 Å². The van der Waals surface area contributed by atoms with Crippen LogP contribution in [0.2, 0.25) is 0 Å². The molecule has 5 nitrogen and oxygen atoms in total. The largest absolute Gasteiger partial charge is 0.352 e. The summed E-state index contributed by atoms with van der Waals surface area (Å²) in [4.78, 5) is 24.1. The molecule has 0 bridgehead atoms. The molecule has 0 spiro atoms. The topological polar surface area (TPSA) is 70.2 Å². The Bertz CT molecular complexity index is 505. The van der Waals surface area contributed by atoms with Crippen molar-refractivity contribution < 1.29 is 9.59 Å². The summed E-state index contributed by atoms with van der Waals surface area (Å²) in [5.74, 6) is -0.0406. The number of hydrogen-bond acceptors (Lipinski definition) is 3. The molecule has 1 unspecified atom stereocenters. The van der Waals surface area contributed by atoms with E-state index in [1.807, 2.05) is 13.8 Å². The summed E-state index contributed by atoms with van der Waals surface area (Å²) in [6.07, 6.45) is 1.69. The van der Waals surface area contributed by atoms with E-state index < -0.39 is 0 Å². The predicted molar refractivity (Wildman–Crippen MR) is 83.3 cm³/mol. The summed E-state index contributed by atoms with van der Waals surface area (Å²) >= 11 is 0. The molecule has 1 aliphatic heterocycles. The van der Waals surface area contributed by atoms with E-state index in [0.29, 0.717) is 12.1 Å². The van der Waals surface area contributed by atoms with E-state index in [-0.39, 0.29) is 17.2 Å². The molecule has 21 heavy (non-hydrogen) atoms. The number of hydrogen-bond donors (Lipinski definition) is 3. The molecule has 0 aromatic heterocycles. The van der Waals surface area contributed by atoms with Gasteiger partial charge in [-0.3, -0.25) is 9.59 Å². The Balaban J connectivity index is 2.03. The molecule has 1 atom stereocenters. The van der Waals surface area contributed by atoms with E-state index in [0.717, 1.165) is 31.6 Å². The number of carbonyl (C=O) groups is 2. The molecular weight excluding hydrogens is 266 g/mol. The number of amides is 2. The highest BCUT2D eigenvalue weighted by Gasteiger charge is 2.39. The van der Waals surface area contributed by atoms with Gasteiger partial charge in [-0.15, -0.1) is 0 Å². The van der Waals surface area contributed by atoms with Gasteiger partial charge in [0.15, 0.2) is 0 Å². The monoisotopic (exact) mass is 289 g/mol. The average Bonchev–Trinajstić information content (AvgIpc) is 2.98. The molecule has 0 aliphatic carbocycles. The van der Waals surface area contributed by atoms with Gasteiger partial charge in [0.2, 0.25) is 5.91 Å². The van der Waals surface area contributed by atoms with Crippen molar-refractivity contribution in [3.63, 3.8) is 0 Å². The number of rotatable bonds is 5. The average molecular weight is 289 g/mol. The van der Waals surface area contributed by atoms with Crippen LogP contribution >= 0.6 is 0 Å². The summed E-state index contributed by atoms with van der Waals surface area (Å²) in [7, 11) is 0. The number of anilines is 1. The molecule has 2 amide bonds. The second kappa shape index (κ2) is 6.72. The van der Waals surface area contributed by atoms with Gasteiger partial charge in [-0.1, -0.05) is 6.92 Å². The van der Waals surface area contributed by atoms with Crippen molar-refractivity contribution in [2.24, 2.45) is 5.41 Å². The van der Waals surface area contributed by atoms with Crippen molar-refractivity contribution in [1.82, 2.24) is 10.6 Å². The van der Waals surface area contributed by atoms with Crippen LogP contribution in [0.15, 0.2) is 24.3 Å². The molecule has 1 aromatic carbocycles. The zero-order chi connectivity index (χ0) is 15.3. The molecule has 1 fully saturated rings. The maximum atomic E-state index is 12.5. The van der Waals surface area contributed by atoms with Crippen LogP contribution < -0.4 is 16.0 Å². The second-order valence-corrected chi connectivity index (χ2v) is 5.45. The van der Waals surface area contributed by atoms with E-state index in [1.54, 1.807) is 24.3 Å². The maximum absolute atomic E-state index is 12.5. The van der Waals surface area contributed by atoms with E-state index >= 15 is 0 Å². The summed E-state index contributed by atoms with van der Waals surface area (Å²) < 4.78 is 0. The molecular formula is C16H23N3O2. The Labute approximate surface area is 125 Å². The van der Waals surface area contributed by atoms with Gasteiger partial charge < -0.3 is 16.0 Å². The summed E-state index contributed by atoms with van der Waals surface area (Å²) in [6, 6.07) is 7.00. The SMILES string of the molecule is CCNC(=O)c1ccc(NC(=O)C2(CC)CCNC2)cc1. The molecule has 1 aliphatic rings. The van der Waals surface area contributed by atoms with Gasteiger partial charge >= 0.3 is 0 Å². The Kier molecular flexibility index (Phi) is 4.96. The first kappa shape index (κ1) is 15.5. The minimum atomic E-state index is -0.307. The molecule has 114 valence electrons. The van der Waals surface area contributed by atoms with Gasteiger partial charge in [-0.25, -0.2) is 0 Å². The van der Waals surface area contributed by atoms with Gasteiger partial charge in [0.25, 0.3) is 5.91 Å². The van der Waals surface area contributed by atoms with Crippen LogP contribution in [0.25, 0.3) is 0 Å². The van der Waals surface area contributed by atoms with Crippen LogP contribution in [0.4, 0.5) is 5.69 Å². The van der Waals surface area contributed by atoms with Gasteiger partial charge in [0.05, 0.1) is 5.41 Å². The smallest absolute Gasteiger partial charge is 0.251 e. The zero-order valence-corrected chi connectivity index (χ0v) is 12.7. The molecule has 5 heteroatoms. The van der Waals surface area contributed by atoms with E-state index in [1.165, 1.54) is 0 Å². The molecule has 1 saturated heterocycles. The Morgan fingerprint density at radius 3 is 2.48 bits per heavy atom. The first-order valence-corrected chi connectivity index (χ1v) is 7.52. The van der Waals surface area contributed by atoms with Gasteiger partial charge in [-0.05, 0) is 50.6 Å².